The second kappa shape index (κ2) is 40.0. The van der Waals surface area contributed by atoms with E-state index in [0.717, 1.165) is 51.2 Å². The maximum atomic E-state index is 12.9. The standard InChI is InChI=1S/C45H67FN2O4.C5H7F.C5H10O.3C2H6.C2H2.CH5N.CH4O/c1-11-13-32-25-45(24-29(5)47-48-31(7)28(4)14-12-23-46)22-19-33-34-15-17-36-30(6)38(52-39(49)26-43(8,9)42(50)51)20-21-44(36,10)37(34)18-16-35(33)41(45)40(32)27(2)3;1-3-5(6)4-2;1-5(2,3)4-6;6*1-2/h12-14,27,30,33-38H,4,11,15-26H2,1-3,5-10H3,(H,50,51);3-4H,1H2,2H3;4H,1-3H3;3*1-2H3;1-2H;2H2,1H3;2H,1H3/b14-12-,32-13-,47-29+,48-31+;5-4+;;;;;;;. The molecular weight excluding hydrogens is 957 g/mol. The van der Waals surface area contributed by atoms with Crippen LogP contribution in [0, 0.1) is 75.9 Å². The molecule has 76 heavy (non-hydrogen) atoms. The van der Waals surface area contributed by atoms with Crippen molar-refractivity contribution in [2.75, 3.05) is 20.8 Å². The molecular formula is C65H113F2N3O6. The SMILES string of the molecule is C#C.C=C(/C=C\CF)/C(C)=N/N=C(\C)CC12CCC3C(CCC4C3CCC3C(C)C(OC(=O)CC(C)(C)C(=O)O)CCC34C)C1=C(C(C)C)/C(=C\CC)C2.C=C/C(F)=C\C.CC.CC.CC.CC(C)(C)C=O.CN.CO. The predicted octanol–water partition coefficient (Wildman–Crippen LogP) is 17.1. The van der Waals surface area contributed by atoms with Gasteiger partial charge in [0.2, 0.25) is 0 Å². The van der Waals surface area contributed by atoms with E-state index in [0.29, 0.717) is 46.8 Å². The van der Waals surface area contributed by atoms with Gasteiger partial charge in [-0.15, -0.1) is 12.8 Å². The van der Waals surface area contributed by atoms with E-state index in [4.69, 9.17) is 14.9 Å². The number of esters is 1. The van der Waals surface area contributed by atoms with Crippen molar-refractivity contribution in [1.29, 1.82) is 0 Å². The van der Waals surface area contributed by atoms with Crippen LogP contribution in [0.4, 0.5) is 8.78 Å². The lowest BCUT2D eigenvalue weighted by atomic mass is 9.42. The molecule has 0 spiro atoms. The number of nitrogens with zero attached hydrogens (tertiary/aromatic N) is 2. The Kier molecular flexibility index (Phi) is 41.2. The highest BCUT2D eigenvalue weighted by Crippen LogP contribution is 2.69. The second-order valence-corrected chi connectivity index (χ2v) is 21.9. The number of ether oxygens (including phenoxy) is 1. The summed E-state index contributed by atoms with van der Waals surface area (Å²) in [6.07, 6.45) is 29.2. The molecule has 0 heterocycles. The molecule has 0 saturated heterocycles. The number of carboxylic acids is 1. The third kappa shape index (κ3) is 23.0. The average Bonchev–Trinajstić information content (AvgIpc) is 3.75. The minimum Gasteiger partial charge on any atom is -0.481 e. The number of carbonyl (C=O) groups excluding carboxylic acids is 2. The molecule has 0 amide bonds. The average molecular weight is 1070 g/mol. The molecule has 4 N–H and O–H groups in total. The summed E-state index contributed by atoms with van der Waals surface area (Å²) in [5, 5.41) is 25.8. The minimum atomic E-state index is -1.13. The number of aldehydes is 1. The van der Waals surface area contributed by atoms with Gasteiger partial charge in [0.05, 0.1) is 17.5 Å². The van der Waals surface area contributed by atoms with Gasteiger partial charge in [-0.2, -0.15) is 10.2 Å². The van der Waals surface area contributed by atoms with Crippen LogP contribution < -0.4 is 5.73 Å². The normalized spacial score (nSPS) is 26.9. The Morgan fingerprint density at radius 1 is 0.921 bits per heavy atom. The Bertz CT molecular complexity index is 1930. The van der Waals surface area contributed by atoms with E-state index in [-0.39, 0.29) is 46.5 Å². The van der Waals surface area contributed by atoms with Crippen LogP contribution in [0.25, 0.3) is 0 Å². The maximum absolute atomic E-state index is 12.9. The fourth-order valence-corrected chi connectivity index (χ4v) is 12.2. The Labute approximate surface area is 465 Å². The summed E-state index contributed by atoms with van der Waals surface area (Å²) in [6.45, 7) is 45.1. The van der Waals surface area contributed by atoms with Gasteiger partial charge in [-0.05, 0) is 182 Å². The van der Waals surface area contributed by atoms with E-state index in [9.17, 15) is 28.3 Å². The number of carbonyl (C=O) groups is 3. The number of nitrogens with two attached hydrogens (primary N) is 1. The molecule has 0 aromatic rings. The van der Waals surface area contributed by atoms with Crippen LogP contribution >= 0.6 is 0 Å². The van der Waals surface area contributed by atoms with E-state index in [1.165, 1.54) is 63.8 Å². The van der Waals surface area contributed by atoms with Crippen molar-refractivity contribution in [2.24, 2.45) is 79.0 Å². The molecule has 9 nitrogen and oxygen atoms in total. The summed E-state index contributed by atoms with van der Waals surface area (Å²) in [5.41, 5.74) is 11.0. The lowest BCUT2D eigenvalue weighted by Crippen LogP contribution is -2.56. The lowest BCUT2D eigenvalue weighted by Gasteiger charge is -2.63. The zero-order valence-electron chi connectivity index (χ0n) is 52.1. The number of aliphatic carboxylic acids is 1. The van der Waals surface area contributed by atoms with Gasteiger partial charge in [0.25, 0.3) is 0 Å². The van der Waals surface area contributed by atoms with Crippen LogP contribution in [0.2, 0.25) is 0 Å². The Hall–Kier alpha value is -4.27. The zero-order valence-corrected chi connectivity index (χ0v) is 52.1. The number of carboxylic acid groups (broad SMARTS) is 1. The van der Waals surface area contributed by atoms with Crippen LogP contribution in [0.15, 0.2) is 81.9 Å². The summed E-state index contributed by atoms with van der Waals surface area (Å²) in [6, 6.07) is 0. The first kappa shape index (κ1) is 78.2. The fraction of sp³-hybridized carbons (Fsp3) is 0.708. The van der Waals surface area contributed by atoms with Crippen molar-refractivity contribution in [1.82, 2.24) is 0 Å². The van der Waals surface area contributed by atoms with Gasteiger partial charge in [-0.25, -0.2) is 8.78 Å². The molecule has 0 aliphatic heterocycles. The van der Waals surface area contributed by atoms with Crippen LogP contribution in [-0.2, 0) is 19.1 Å². The molecule has 5 aliphatic rings. The van der Waals surface area contributed by atoms with Crippen LogP contribution in [-0.4, -0.2) is 66.8 Å². The van der Waals surface area contributed by atoms with Gasteiger partial charge < -0.3 is 25.5 Å². The number of halogens is 2. The molecule has 4 fully saturated rings. The number of hydrogen-bond donors (Lipinski definition) is 3. The third-order valence-corrected chi connectivity index (χ3v) is 15.3. The van der Waals surface area contributed by atoms with E-state index in [1.54, 1.807) is 43.6 Å². The smallest absolute Gasteiger partial charge is 0.309 e. The molecule has 11 heteroatoms. The summed E-state index contributed by atoms with van der Waals surface area (Å²) < 4.78 is 30.4. The molecule has 0 aromatic carbocycles. The van der Waals surface area contributed by atoms with E-state index in [2.05, 4.69) is 84.5 Å². The van der Waals surface area contributed by atoms with Gasteiger partial charge in [-0.3, -0.25) is 9.59 Å². The van der Waals surface area contributed by atoms with Crippen molar-refractivity contribution in [3.63, 3.8) is 0 Å². The molecule has 5 aliphatic carbocycles. The number of hydrogen-bond acceptors (Lipinski definition) is 8. The number of terminal acetylenes is 1. The Morgan fingerprint density at radius 2 is 1.46 bits per heavy atom. The van der Waals surface area contributed by atoms with Gasteiger partial charge >= 0.3 is 11.9 Å². The highest BCUT2D eigenvalue weighted by Gasteiger charge is 2.60. The zero-order chi connectivity index (χ0) is 60.4. The molecule has 9 unspecified atom stereocenters. The summed E-state index contributed by atoms with van der Waals surface area (Å²) in [4.78, 5) is 34.4. The minimum absolute atomic E-state index is 0.0868. The van der Waals surface area contributed by atoms with Gasteiger partial charge in [0.15, 0.2) is 0 Å². The number of rotatable bonds is 13. The topological polar surface area (TPSA) is 152 Å². The van der Waals surface area contributed by atoms with Crippen molar-refractivity contribution in [3.05, 3.63) is 71.7 Å². The summed E-state index contributed by atoms with van der Waals surface area (Å²) in [7, 11) is 2.50. The van der Waals surface area contributed by atoms with Gasteiger partial charge in [0, 0.05) is 23.7 Å². The first-order valence-electron chi connectivity index (χ1n) is 28.5. The predicted molar refractivity (Wildman–Crippen MR) is 323 cm³/mol. The van der Waals surface area contributed by atoms with Crippen molar-refractivity contribution < 1.29 is 38.1 Å². The number of alkyl halides is 1. The molecule has 0 bridgehead atoms. The van der Waals surface area contributed by atoms with Crippen molar-refractivity contribution in [2.45, 2.75) is 215 Å². The fourth-order valence-electron chi connectivity index (χ4n) is 12.2. The first-order valence-corrected chi connectivity index (χ1v) is 28.5. The molecule has 9 atom stereocenters. The Balaban J connectivity index is -0.000000921. The largest absolute Gasteiger partial charge is 0.481 e. The summed E-state index contributed by atoms with van der Waals surface area (Å²) in [5.74, 6) is 2.33. The number of fused-ring (bicyclic) bond motifs is 7. The third-order valence-electron chi connectivity index (χ3n) is 15.3. The molecule has 0 radical (unpaired) electrons. The van der Waals surface area contributed by atoms with Crippen LogP contribution in [0.1, 0.15) is 209 Å². The first-order chi connectivity index (χ1) is 35.9. The maximum Gasteiger partial charge on any atom is 0.309 e. The number of allylic oxidation sites excluding steroid dienone is 10. The van der Waals surface area contributed by atoms with E-state index < -0.39 is 18.1 Å². The number of aliphatic hydroxyl groups excluding tert-OH is 1. The van der Waals surface area contributed by atoms with Crippen LogP contribution in [0.5, 0.6) is 0 Å². The van der Waals surface area contributed by atoms with Gasteiger partial charge in [-0.1, -0.05) is 140 Å². The monoisotopic (exact) mass is 1070 g/mol. The van der Waals surface area contributed by atoms with E-state index in [1.807, 2.05) is 69.2 Å². The van der Waals surface area contributed by atoms with Crippen molar-refractivity contribution >= 4 is 29.6 Å². The second-order valence-electron chi connectivity index (χ2n) is 21.9. The Morgan fingerprint density at radius 3 is 1.91 bits per heavy atom. The van der Waals surface area contributed by atoms with E-state index >= 15 is 0 Å². The highest BCUT2D eigenvalue weighted by atomic mass is 19.1. The quantitative estimate of drug-likeness (QED) is 0.0415. The molecule has 0 aromatic heterocycles. The molecule has 438 valence electrons. The molecule has 4 saturated carbocycles. The number of aliphatic hydroxyl groups is 1. The highest BCUT2D eigenvalue weighted by molar-refractivity contribution is 6.00. The van der Waals surface area contributed by atoms with Crippen molar-refractivity contribution in [3.8, 4) is 12.8 Å². The molecule has 5 rings (SSSR count). The lowest BCUT2D eigenvalue weighted by molar-refractivity contribution is -0.175. The summed E-state index contributed by atoms with van der Waals surface area (Å²) >= 11 is 0. The van der Waals surface area contributed by atoms with Crippen LogP contribution in [0.3, 0.4) is 0 Å². The van der Waals surface area contributed by atoms with Gasteiger partial charge in [0.1, 0.15) is 24.9 Å².